The predicted octanol–water partition coefficient (Wildman–Crippen LogP) is 4.01. The third-order valence-electron chi connectivity index (χ3n) is 2.45. The van der Waals surface area contributed by atoms with E-state index in [2.05, 4.69) is 48.1 Å². The van der Waals surface area contributed by atoms with E-state index >= 15 is 0 Å². The highest BCUT2D eigenvalue weighted by Crippen LogP contribution is 2.02. The monoisotopic (exact) mass is 242 g/mol. The van der Waals surface area contributed by atoms with Crippen molar-refractivity contribution in [3.63, 3.8) is 0 Å². The summed E-state index contributed by atoms with van der Waals surface area (Å²) in [5.41, 5.74) is 7.00. The maximum absolute atomic E-state index is 4.23. The summed E-state index contributed by atoms with van der Waals surface area (Å²) in [5.74, 6) is 0. The lowest BCUT2D eigenvalue weighted by atomic mass is 10.2. The number of aryl methyl sites for hydroxylation is 6. The van der Waals surface area contributed by atoms with Crippen molar-refractivity contribution in [1.82, 2.24) is 9.97 Å². The van der Waals surface area contributed by atoms with Crippen LogP contribution in [-0.2, 0) is 0 Å². The van der Waals surface area contributed by atoms with Gasteiger partial charge < -0.3 is 0 Å². The molecule has 18 heavy (non-hydrogen) atoms. The summed E-state index contributed by atoms with van der Waals surface area (Å²) in [6.07, 6.45) is 0. The van der Waals surface area contributed by atoms with Crippen molar-refractivity contribution in [3.8, 4) is 0 Å². The first-order valence-corrected chi connectivity index (χ1v) is 6.20. The van der Waals surface area contributed by atoms with Gasteiger partial charge in [0, 0.05) is 22.8 Å². The summed E-state index contributed by atoms with van der Waals surface area (Å²) in [6, 6.07) is 8.31. The van der Waals surface area contributed by atoms with Gasteiger partial charge in [0.05, 0.1) is 0 Å². The summed E-state index contributed by atoms with van der Waals surface area (Å²) >= 11 is 0. The summed E-state index contributed by atoms with van der Waals surface area (Å²) in [5, 5.41) is 0. The Bertz CT molecular complexity index is 380. The average molecular weight is 242 g/mol. The van der Waals surface area contributed by atoms with E-state index in [0.717, 1.165) is 22.8 Å². The molecule has 0 fully saturated rings. The Balaban J connectivity index is 0.000000180. The van der Waals surface area contributed by atoms with Crippen molar-refractivity contribution >= 4 is 0 Å². The Morgan fingerprint density at radius 3 is 0.889 bits per heavy atom. The van der Waals surface area contributed by atoms with Crippen LogP contribution in [0.15, 0.2) is 24.3 Å². The minimum Gasteiger partial charge on any atom is -0.258 e. The Morgan fingerprint density at radius 1 is 0.500 bits per heavy atom. The molecule has 0 saturated heterocycles. The highest BCUT2D eigenvalue weighted by Gasteiger charge is 1.89. The number of hydrogen-bond donors (Lipinski definition) is 0. The molecule has 0 aliphatic rings. The van der Waals surface area contributed by atoms with E-state index in [1.54, 1.807) is 0 Å². The average Bonchev–Trinajstić information content (AvgIpc) is 2.12. The zero-order chi connectivity index (χ0) is 13.7. The Hall–Kier alpha value is -1.70. The minimum atomic E-state index is 1.10. The van der Waals surface area contributed by atoms with Crippen LogP contribution in [0.5, 0.6) is 0 Å². The van der Waals surface area contributed by atoms with Crippen molar-refractivity contribution in [2.45, 2.75) is 41.5 Å². The van der Waals surface area contributed by atoms with Crippen molar-refractivity contribution in [2.24, 2.45) is 0 Å². The lowest BCUT2D eigenvalue weighted by Gasteiger charge is -1.96. The fourth-order valence-corrected chi connectivity index (χ4v) is 2.09. The van der Waals surface area contributed by atoms with Crippen LogP contribution in [0, 0.1) is 41.5 Å². The van der Waals surface area contributed by atoms with Gasteiger partial charge in [-0.3, -0.25) is 9.97 Å². The van der Waals surface area contributed by atoms with Gasteiger partial charge >= 0.3 is 0 Å². The van der Waals surface area contributed by atoms with Crippen LogP contribution in [0.4, 0.5) is 0 Å². The van der Waals surface area contributed by atoms with Crippen LogP contribution in [0.1, 0.15) is 33.9 Å². The molecule has 0 aliphatic carbocycles. The van der Waals surface area contributed by atoms with Crippen LogP contribution in [0.3, 0.4) is 0 Å². The van der Waals surface area contributed by atoms with Crippen molar-refractivity contribution in [1.29, 1.82) is 0 Å². The van der Waals surface area contributed by atoms with E-state index in [9.17, 15) is 0 Å². The molecule has 0 N–H and O–H groups in total. The van der Waals surface area contributed by atoms with E-state index in [-0.39, 0.29) is 0 Å². The highest BCUT2D eigenvalue weighted by molar-refractivity contribution is 5.18. The SMILES string of the molecule is Cc1cc(C)nc(C)c1.Cc1cc(C)nc(C)c1. The predicted molar refractivity (Wildman–Crippen MR) is 76.9 cm³/mol. The molecular weight excluding hydrogens is 220 g/mol. The molecule has 0 bridgehead atoms. The van der Waals surface area contributed by atoms with Crippen molar-refractivity contribution in [3.05, 3.63) is 58.2 Å². The van der Waals surface area contributed by atoms with Gasteiger partial charge in [0.15, 0.2) is 0 Å². The molecule has 2 aromatic rings. The Kier molecular flexibility index (Phi) is 5.02. The maximum atomic E-state index is 4.23. The normalized spacial score (nSPS) is 9.67. The van der Waals surface area contributed by atoms with E-state index in [4.69, 9.17) is 0 Å². The van der Waals surface area contributed by atoms with Gasteiger partial charge in [0.1, 0.15) is 0 Å². The Morgan fingerprint density at radius 2 is 0.722 bits per heavy atom. The van der Waals surface area contributed by atoms with Crippen molar-refractivity contribution in [2.75, 3.05) is 0 Å². The zero-order valence-corrected chi connectivity index (χ0v) is 12.2. The molecule has 0 radical (unpaired) electrons. The summed E-state index contributed by atoms with van der Waals surface area (Å²) in [7, 11) is 0. The third kappa shape index (κ3) is 5.09. The van der Waals surface area contributed by atoms with Gasteiger partial charge in [-0.15, -0.1) is 0 Å². The first-order valence-electron chi connectivity index (χ1n) is 6.20. The second-order valence-corrected chi connectivity index (χ2v) is 4.85. The molecule has 0 amide bonds. The number of rotatable bonds is 0. The van der Waals surface area contributed by atoms with E-state index < -0.39 is 0 Å². The van der Waals surface area contributed by atoms with Crippen LogP contribution in [0.2, 0.25) is 0 Å². The summed E-state index contributed by atoms with van der Waals surface area (Å²) in [6.45, 7) is 12.2. The molecule has 2 aromatic heterocycles. The lowest BCUT2D eigenvalue weighted by molar-refractivity contribution is 1.10. The molecule has 0 aromatic carbocycles. The fraction of sp³-hybridized carbons (Fsp3) is 0.375. The molecule has 2 nitrogen and oxygen atoms in total. The van der Waals surface area contributed by atoms with Crippen molar-refractivity contribution < 1.29 is 0 Å². The summed E-state index contributed by atoms with van der Waals surface area (Å²) in [4.78, 5) is 8.47. The lowest BCUT2D eigenvalue weighted by Crippen LogP contribution is -1.85. The Labute approximate surface area is 110 Å². The van der Waals surface area contributed by atoms with Gasteiger partial charge in [-0.05, 0) is 76.9 Å². The van der Waals surface area contributed by atoms with E-state index in [1.165, 1.54) is 11.1 Å². The van der Waals surface area contributed by atoms with Gasteiger partial charge in [-0.1, -0.05) is 0 Å². The number of nitrogens with zero attached hydrogens (tertiary/aromatic N) is 2. The third-order valence-corrected chi connectivity index (χ3v) is 2.45. The van der Waals surface area contributed by atoms with Gasteiger partial charge in [-0.2, -0.15) is 0 Å². The molecular formula is C16H22N2. The minimum absolute atomic E-state index is 1.10. The van der Waals surface area contributed by atoms with Gasteiger partial charge in [-0.25, -0.2) is 0 Å². The van der Waals surface area contributed by atoms with Crippen LogP contribution < -0.4 is 0 Å². The van der Waals surface area contributed by atoms with Crippen LogP contribution in [0.25, 0.3) is 0 Å². The first-order chi connectivity index (χ1) is 8.36. The van der Waals surface area contributed by atoms with Crippen LogP contribution in [-0.4, -0.2) is 9.97 Å². The molecule has 0 spiro atoms. The molecule has 0 unspecified atom stereocenters. The second-order valence-electron chi connectivity index (χ2n) is 4.85. The highest BCUT2D eigenvalue weighted by atomic mass is 14.7. The maximum Gasteiger partial charge on any atom is 0.0378 e. The van der Waals surface area contributed by atoms with Crippen LogP contribution >= 0.6 is 0 Å². The molecule has 96 valence electrons. The molecule has 0 atom stereocenters. The summed E-state index contributed by atoms with van der Waals surface area (Å²) < 4.78 is 0. The van der Waals surface area contributed by atoms with E-state index in [0.29, 0.717) is 0 Å². The fourth-order valence-electron chi connectivity index (χ4n) is 2.09. The smallest absolute Gasteiger partial charge is 0.0378 e. The molecule has 0 saturated carbocycles. The molecule has 2 rings (SSSR count). The zero-order valence-electron chi connectivity index (χ0n) is 12.2. The topological polar surface area (TPSA) is 25.8 Å². The standard InChI is InChI=1S/2C8H11N/c2*1-6-4-7(2)9-8(3)5-6/h2*4-5H,1-3H3. The molecule has 0 aliphatic heterocycles. The molecule has 2 heteroatoms. The second kappa shape index (κ2) is 6.29. The van der Waals surface area contributed by atoms with E-state index in [1.807, 2.05) is 27.7 Å². The number of aromatic nitrogens is 2. The van der Waals surface area contributed by atoms with Gasteiger partial charge in [0.2, 0.25) is 0 Å². The first kappa shape index (κ1) is 14.4. The number of hydrogen-bond acceptors (Lipinski definition) is 2. The number of pyridine rings is 2. The largest absolute Gasteiger partial charge is 0.258 e. The molecule has 2 heterocycles. The van der Waals surface area contributed by atoms with Gasteiger partial charge in [0.25, 0.3) is 0 Å². The quantitative estimate of drug-likeness (QED) is 0.697.